The number of imidazole rings is 1. The van der Waals surface area contributed by atoms with Gasteiger partial charge in [-0.05, 0) is 51.7 Å². The average molecular weight is 331 g/mol. The van der Waals surface area contributed by atoms with Gasteiger partial charge < -0.3 is 14.6 Å². The van der Waals surface area contributed by atoms with Crippen LogP contribution in [0.15, 0.2) is 29.1 Å². The highest BCUT2D eigenvalue weighted by Crippen LogP contribution is 2.21. The third-order valence-corrected chi connectivity index (χ3v) is 4.29. The molecule has 0 bridgehead atoms. The minimum Gasteiger partial charge on any atom is -0.444 e. The van der Waals surface area contributed by atoms with Gasteiger partial charge in [0, 0.05) is 19.6 Å². The molecule has 0 aliphatic carbocycles. The van der Waals surface area contributed by atoms with Gasteiger partial charge in [-0.1, -0.05) is 12.1 Å². The number of hydrogen-bond donors (Lipinski definition) is 1. The lowest BCUT2D eigenvalue weighted by Gasteiger charge is -2.34. The summed E-state index contributed by atoms with van der Waals surface area (Å²) in [4.78, 5) is 29.1. The molecule has 1 aliphatic heterocycles. The number of nitrogens with one attached hydrogen (secondary N) is 1. The Hall–Kier alpha value is -2.24. The normalized spacial score (nSPS) is 18.8. The first-order valence-corrected chi connectivity index (χ1v) is 8.49. The summed E-state index contributed by atoms with van der Waals surface area (Å²) in [7, 11) is 0. The van der Waals surface area contributed by atoms with Crippen molar-refractivity contribution in [2.75, 3.05) is 13.1 Å². The van der Waals surface area contributed by atoms with Crippen LogP contribution in [0.2, 0.25) is 0 Å². The number of fused-ring (bicyclic) bond motifs is 1. The third kappa shape index (κ3) is 3.63. The topological polar surface area (TPSA) is 67.3 Å². The smallest absolute Gasteiger partial charge is 0.410 e. The minimum atomic E-state index is -0.488. The van der Waals surface area contributed by atoms with E-state index in [1.54, 1.807) is 9.47 Å². The quantitative estimate of drug-likeness (QED) is 0.920. The molecular formula is C18H25N3O3. The molecule has 3 rings (SSSR count). The number of aromatic amines is 1. The van der Waals surface area contributed by atoms with Crippen molar-refractivity contribution in [3.8, 4) is 0 Å². The maximum atomic E-state index is 12.3. The van der Waals surface area contributed by atoms with Gasteiger partial charge in [0.1, 0.15) is 5.60 Å². The van der Waals surface area contributed by atoms with Crippen LogP contribution >= 0.6 is 0 Å². The molecule has 1 amide bonds. The fourth-order valence-electron chi connectivity index (χ4n) is 3.25. The summed E-state index contributed by atoms with van der Waals surface area (Å²) in [6, 6.07) is 7.69. The largest absolute Gasteiger partial charge is 0.444 e. The van der Waals surface area contributed by atoms with Crippen molar-refractivity contribution in [1.82, 2.24) is 14.5 Å². The van der Waals surface area contributed by atoms with E-state index >= 15 is 0 Å². The maximum Gasteiger partial charge on any atom is 0.410 e. The van der Waals surface area contributed by atoms with E-state index in [0.29, 0.717) is 19.6 Å². The number of hydrogen-bond acceptors (Lipinski definition) is 3. The lowest BCUT2D eigenvalue weighted by molar-refractivity contribution is 0.0157. The Labute approximate surface area is 141 Å². The fraction of sp³-hybridized carbons (Fsp3) is 0.556. The van der Waals surface area contributed by atoms with Crippen LogP contribution in [-0.2, 0) is 11.3 Å². The molecule has 1 N–H and O–H groups in total. The predicted octanol–water partition coefficient (Wildman–Crippen LogP) is 2.98. The number of likely N-dealkylation sites (tertiary alicyclic amines) is 1. The number of piperidine rings is 1. The van der Waals surface area contributed by atoms with E-state index in [1.165, 1.54) is 0 Å². The lowest BCUT2D eigenvalue weighted by Crippen LogP contribution is -2.44. The van der Waals surface area contributed by atoms with E-state index in [0.717, 1.165) is 23.9 Å². The number of amides is 1. The second-order valence-corrected chi connectivity index (χ2v) is 7.49. The van der Waals surface area contributed by atoms with Crippen LogP contribution in [-0.4, -0.2) is 39.2 Å². The molecule has 0 radical (unpaired) electrons. The van der Waals surface area contributed by atoms with E-state index in [2.05, 4.69) is 4.98 Å². The molecule has 0 saturated carbocycles. The van der Waals surface area contributed by atoms with Gasteiger partial charge in [-0.15, -0.1) is 0 Å². The molecule has 130 valence electrons. The molecule has 24 heavy (non-hydrogen) atoms. The van der Waals surface area contributed by atoms with Crippen LogP contribution in [0.5, 0.6) is 0 Å². The van der Waals surface area contributed by atoms with Gasteiger partial charge in [0.25, 0.3) is 0 Å². The summed E-state index contributed by atoms with van der Waals surface area (Å²) >= 11 is 0. The van der Waals surface area contributed by atoms with Crippen LogP contribution < -0.4 is 5.69 Å². The minimum absolute atomic E-state index is 0.0920. The van der Waals surface area contributed by atoms with Gasteiger partial charge in [0.2, 0.25) is 0 Å². The molecule has 0 unspecified atom stereocenters. The number of aromatic nitrogens is 2. The first-order valence-electron chi connectivity index (χ1n) is 8.49. The SMILES string of the molecule is CC(C)(C)OC(=O)N1CCC[C@H](Cn2c(=O)[nH]c3ccccc32)C1. The van der Waals surface area contributed by atoms with E-state index in [9.17, 15) is 9.59 Å². The molecule has 2 aromatic rings. The van der Waals surface area contributed by atoms with Crippen LogP contribution in [0.25, 0.3) is 11.0 Å². The summed E-state index contributed by atoms with van der Waals surface area (Å²) in [5.41, 5.74) is 1.18. The number of para-hydroxylation sites is 2. The van der Waals surface area contributed by atoms with Crippen molar-refractivity contribution in [1.29, 1.82) is 0 Å². The average Bonchev–Trinajstić information content (AvgIpc) is 2.82. The van der Waals surface area contributed by atoms with Crippen LogP contribution in [0, 0.1) is 5.92 Å². The van der Waals surface area contributed by atoms with Gasteiger partial charge in [-0.3, -0.25) is 4.57 Å². The van der Waals surface area contributed by atoms with Gasteiger partial charge >= 0.3 is 11.8 Å². The second kappa shape index (κ2) is 6.34. The van der Waals surface area contributed by atoms with E-state index < -0.39 is 5.60 Å². The Morgan fingerprint density at radius 2 is 2.08 bits per heavy atom. The number of carbonyl (C=O) groups excluding carboxylic acids is 1. The number of H-pyrrole nitrogens is 1. The van der Waals surface area contributed by atoms with Crippen molar-refractivity contribution in [3.05, 3.63) is 34.7 Å². The van der Waals surface area contributed by atoms with Crippen molar-refractivity contribution in [2.24, 2.45) is 5.92 Å². The van der Waals surface area contributed by atoms with E-state index in [1.807, 2.05) is 45.0 Å². The van der Waals surface area contributed by atoms with E-state index in [4.69, 9.17) is 4.74 Å². The summed E-state index contributed by atoms with van der Waals surface area (Å²) in [5.74, 6) is 0.253. The zero-order valence-corrected chi connectivity index (χ0v) is 14.5. The zero-order valence-electron chi connectivity index (χ0n) is 14.5. The molecule has 2 heterocycles. The number of benzene rings is 1. The first-order chi connectivity index (χ1) is 11.3. The molecule has 1 atom stereocenters. The van der Waals surface area contributed by atoms with Gasteiger partial charge in [-0.2, -0.15) is 0 Å². The summed E-state index contributed by atoms with van der Waals surface area (Å²) in [6.45, 7) is 7.57. The van der Waals surface area contributed by atoms with Crippen LogP contribution in [0.3, 0.4) is 0 Å². The molecule has 0 spiro atoms. The van der Waals surface area contributed by atoms with E-state index in [-0.39, 0.29) is 17.7 Å². The molecule has 1 aromatic carbocycles. The lowest BCUT2D eigenvalue weighted by atomic mass is 9.98. The Morgan fingerprint density at radius 3 is 2.83 bits per heavy atom. The van der Waals surface area contributed by atoms with Gasteiger partial charge in [0.15, 0.2) is 0 Å². The fourth-order valence-corrected chi connectivity index (χ4v) is 3.25. The molecule has 6 heteroatoms. The number of nitrogens with zero attached hydrogens (tertiary/aromatic N) is 2. The van der Waals surface area contributed by atoms with Crippen molar-refractivity contribution < 1.29 is 9.53 Å². The number of carbonyl (C=O) groups is 1. The number of rotatable bonds is 2. The third-order valence-electron chi connectivity index (χ3n) is 4.29. The molecular weight excluding hydrogens is 306 g/mol. The highest BCUT2D eigenvalue weighted by Gasteiger charge is 2.28. The Balaban J connectivity index is 1.72. The monoisotopic (exact) mass is 331 g/mol. The Bertz CT molecular complexity index is 785. The zero-order chi connectivity index (χ0) is 17.3. The predicted molar refractivity (Wildman–Crippen MR) is 93.1 cm³/mol. The molecule has 1 aliphatic rings. The summed E-state index contributed by atoms with van der Waals surface area (Å²) < 4.78 is 7.24. The van der Waals surface area contributed by atoms with Crippen LogP contribution in [0.4, 0.5) is 4.79 Å². The van der Waals surface area contributed by atoms with Crippen molar-refractivity contribution in [2.45, 2.75) is 45.8 Å². The Kier molecular flexibility index (Phi) is 4.39. The first kappa shape index (κ1) is 16.6. The number of ether oxygens (including phenoxy) is 1. The molecule has 1 saturated heterocycles. The highest BCUT2D eigenvalue weighted by atomic mass is 16.6. The summed E-state index contributed by atoms with van der Waals surface area (Å²) in [5, 5.41) is 0. The standard InChI is InChI=1S/C18H25N3O3/c1-18(2,3)24-17(23)20-10-6-7-13(11-20)12-21-15-9-5-4-8-14(15)19-16(21)22/h4-5,8-9,13H,6-7,10-12H2,1-3H3,(H,19,22)/t13-/m0/s1. The highest BCUT2D eigenvalue weighted by molar-refractivity contribution is 5.74. The van der Waals surface area contributed by atoms with Gasteiger partial charge in [0.05, 0.1) is 11.0 Å². The van der Waals surface area contributed by atoms with Gasteiger partial charge in [-0.25, -0.2) is 9.59 Å². The maximum absolute atomic E-state index is 12.3. The van der Waals surface area contributed by atoms with Crippen molar-refractivity contribution in [3.63, 3.8) is 0 Å². The van der Waals surface area contributed by atoms with Crippen molar-refractivity contribution >= 4 is 17.1 Å². The second-order valence-electron chi connectivity index (χ2n) is 7.49. The molecule has 1 fully saturated rings. The van der Waals surface area contributed by atoms with Crippen LogP contribution in [0.1, 0.15) is 33.6 Å². The Morgan fingerprint density at radius 1 is 1.33 bits per heavy atom. The molecule has 6 nitrogen and oxygen atoms in total. The summed E-state index contributed by atoms with van der Waals surface area (Å²) in [6.07, 6.45) is 1.67. The molecule has 1 aromatic heterocycles.